The molecule has 0 saturated carbocycles. The predicted octanol–water partition coefficient (Wildman–Crippen LogP) is 2.32. The molecule has 0 spiro atoms. The Bertz CT molecular complexity index is 1390. The van der Waals surface area contributed by atoms with Gasteiger partial charge in [-0.15, -0.1) is 0 Å². The predicted molar refractivity (Wildman–Crippen MR) is 168 cm³/mol. The Balaban J connectivity index is 1.90. The zero-order valence-corrected chi connectivity index (χ0v) is 25.4. The Morgan fingerprint density at radius 3 is 2.12 bits per heavy atom. The summed E-state index contributed by atoms with van der Waals surface area (Å²) in [7, 11) is 0. The van der Waals surface area contributed by atoms with Crippen LogP contribution in [0.3, 0.4) is 0 Å². The molecule has 3 rings (SSSR count). The lowest BCUT2D eigenvalue weighted by molar-refractivity contribution is -0.142. The molecular formula is C31H41N5O6S. The van der Waals surface area contributed by atoms with E-state index in [4.69, 9.17) is 5.73 Å². The molecule has 12 heteroatoms. The number of phenols is 1. The van der Waals surface area contributed by atoms with Crippen molar-refractivity contribution in [2.45, 2.75) is 63.7 Å². The van der Waals surface area contributed by atoms with E-state index in [0.29, 0.717) is 17.7 Å². The second-order valence-corrected chi connectivity index (χ2v) is 12.0. The van der Waals surface area contributed by atoms with Gasteiger partial charge in [0.2, 0.25) is 17.7 Å². The number of aromatic hydroxyl groups is 1. The Morgan fingerprint density at radius 2 is 1.49 bits per heavy atom. The molecule has 232 valence electrons. The van der Waals surface area contributed by atoms with Gasteiger partial charge < -0.3 is 36.9 Å². The zero-order chi connectivity index (χ0) is 31.5. The van der Waals surface area contributed by atoms with Crippen LogP contribution in [-0.2, 0) is 32.0 Å². The summed E-state index contributed by atoms with van der Waals surface area (Å²) < 4.78 is 0. The van der Waals surface area contributed by atoms with E-state index in [1.54, 1.807) is 18.3 Å². The number of fused-ring (bicyclic) bond motifs is 1. The van der Waals surface area contributed by atoms with Gasteiger partial charge in [-0.05, 0) is 60.1 Å². The number of nitrogens with one attached hydrogen (secondary N) is 4. The first-order valence-corrected chi connectivity index (χ1v) is 15.6. The van der Waals surface area contributed by atoms with Crippen LogP contribution in [0.15, 0.2) is 54.7 Å². The molecule has 8 N–H and O–H groups in total. The number of H-pyrrole nitrogens is 1. The van der Waals surface area contributed by atoms with Crippen molar-refractivity contribution in [2.24, 2.45) is 11.7 Å². The van der Waals surface area contributed by atoms with Crippen LogP contribution in [0.4, 0.5) is 0 Å². The van der Waals surface area contributed by atoms with E-state index in [1.165, 1.54) is 23.9 Å². The average molecular weight is 612 g/mol. The largest absolute Gasteiger partial charge is 0.508 e. The summed E-state index contributed by atoms with van der Waals surface area (Å²) in [5, 5.41) is 28.3. The van der Waals surface area contributed by atoms with E-state index < -0.39 is 47.9 Å². The first-order chi connectivity index (χ1) is 20.5. The minimum Gasteiger partial charge on any atom is -0.508 e. The van der Waals surface area contributed by atoms with Gasteiger partial charge in [0.25, 0.3) is 0 Å². The molecule has 4 atom stereocenters. The fraction of sp³-hybridized carbons (Fsp3) is 0.419. The molecule has 0 aliphatic heterocycles. The van der Waals surface area contributed by atoms with Crippen LogP contribution in [0.5, 0.6) is 5.75 Å². The van der Waals surface area contributed by atoms with E-state index >= 15 is 0 Å². The van der Waals surface area contributed by atoms with Gasteiger partial charge >= 0.3 is 5.97 Å². The number of aromatic amines is 1. The van der Waals surface area contributed by atoms with Crippen LogP contribution in [0, 0.1) is 5.92 Å². The van der Waals surface area contributed by atoms with Gasteiger partial charge in [0, 0.05) is 29.9 Å². The summed E-state index contributed by atoms with van der Waals surface area (Å²) in [6, 6.07) is 9.51. The van der Waals surface area contributed by atoms with Gasteiger partial charge in [0.05, 0.1) is 6.04 Å². The van der Waals surface area contributed by atoms with Gasteiger partial charge in [0.15, 0.2) is 0 Å². The smallest absolute Gasteiger partial charge is 0.326 e. The number of rotatable bonds is 16. The SMILES string of the molecule is CSCCC(NC(=O)C(Cc1c[nH]c2ccccc12)NC(=O)C(Cc1ccc(O)cc1)NC(=O)C(N)CC(C)C)C(=O)O. The van der Waals surface area contributed by atoms with E-state index in [9.17, 15) is 29.4 Å². The number of hydrogen-bond donors (Lipinski definition) is 7. The number of benzene rings is 2. The molecule has 0 fully saturated rings. The summed E-state index contributed by atoms with van der Waals surface area (Å²) in [5.74, 6) is -2.23. The highest BCUT2D eigenvalue weighted by molar-refractivity contribution is 7.98. The number of carbonyl (C=O) groups excluding carboxylic acids is 3. The molecule has 1 aromatic heterocycles. The van der Waals surface area contributed by atoms with Gasteiger partial charge in [-0.1, -0.05) is 44.2 Å². The summed E-state index contributed by atoms with van der Waals surface area (Å²) in [6.45, 7) is 3.87. The standard InChI is InChI=1S/C31H41N5O6S/c1-18(2)14-23(32)28(38)35-26(15-19-8-10-21(37)11-9-19)29(39)36-27(30(40)34-25(31(41)42)12-13-43-3)16-20-17-33-24-7-5-4-6-22(20)24/h4-11,17-18,23,25-27,33,37H,12-16,32H2,1-3H3,(H,34,40)(H,35,38)(H,36,39)(H,41,42). The number of aromatic nitrogens is 1. The topological polar surface area (TPSA) is 187 Å². The van der Waals surface area contributed by atoms with Crippen molar-refractivity contribution >= 4 is 46.4 Å². The van der Waals surface area contributed by atoms with Crippen LogP contribution in [0.1, 0.15) is 37.8 Å². The number of phenolic OH excluding ortho intramolecular Hbond substituents is 1. The maximum atomic E-state index is 13.8. The molecule has 0 bridgehead atoms. The van der Waals surface area contributed by atoms with Crippen LogP contribution in [0.25, 0.3) is 10.9 Å². The normalized spacial score (nSPS) is 14.1. The summed E-state index contributed by atoms with van der Waals surface area (Å²) >= 11 is 1.46. The third-order valence-electron chi connectivity index (χ3n) is 7.03. The lowest BCUT2D eigenvalue weighted by Crippen LogP contribution is -2.58. The third kappa shape index (κ3) is 10.0. The highest BCUT2D eigenvalue weighted by Crippen LogP contribution is 2.20. The Hall–Kier alpha value is -4.03. The van der Waals surface area contributed by atoms with E-state index in [1.807, 2.05) is 44.4 Å². The molecule has 3 amide bonds. The number of hydrogen-bond acceptors (Lipinski definition) is 7. The van der Waals surface area contributed by atoms with E-state index in [-0.39, 0.29) is 30.9 Å². The highest BCUT2D eigenvalue weighted by Gasteiger charge is 2.31. The quantitative estimate of drug-likeness (QED) is 0.129. The molecule has 3 aromatic rings. The minimum absolute atomic E-state index is 0.0534. The van der Waals surface area contributed by atoms with Gasteiger partial charge in [0.1, 0.15) is 23.9 Å². The van der Waals surface area contributed by atoms with Crippen molar-refractivity contribution in [3.63, 3.8) is 0 Å². The van der Waals surface area contributed by atoms with E-state index in [0.717, 1.165) is 16.5 Å². The van der Waals surface area contributed by atoms with Crippen LogP contribution in [-0.4, -0.2) is 75.1 Å². The third-order valence-corrected chi connectivity index (χ3v) is 7.67. The average Bonchev–Trinajstić information content (AvgIpc) is 3.37. The number of aliphatic carboxylic acids is 1. The van der Waals surface area contributed by atoms with Crippen molar-refractivity contribution < 1.29 is 29.4 Å². The zero-order valence-electron chi connectivity index (χ0n) is 24.6. The molecular weight excluding hydrogens is 570 g/mol. The number of amides is 3. The van der Waals surface area contributed by atoms with Gasteiger partial charge in [-0.2, -0.15) is 11.8 Å². The number of carboxylic acids is 1. The Labute approximate surface area is 255 Å². The summed E-state index contributed by atoms with van der Waals surface area (Å²) in [6.07, 6.45) is 4.36. The molecule has 1 heterocycles. The fourth-order valence-electron chi connectivity index (χ4n) is 4.74. The van der Waals surface area contributed by atoms with Gasteiger partial charge in [-0.25, -0.2) is 4.79 Å². The first-order valence-electron chi connectivity index (χ1n) is 14.2. The van der Waals surface area contributed by atoms with Crippen molar-refractivity contribution in [1.82, 2.24) is 20.9 Å². The number of nitrogens with two attached hydrogens (primary N) is 1. The molecule has 0 saturated heterocycles. The number of carboxylic acid groups (broad SMARTS) is 1. The number of para-hydroxylation sites is 1. The highest BCUT2D eigenvalue weighted by atomic mass is 32.2. The number of thioether (sulfide) groups is 1. The first kappa shape index (κ1) is 33.5. The second-order valence-electron chi connectivity index (χ2n) is 11.0. The molecule has 11 nitrogen and oxygen atoms in total. The second kappa shape index (κ2) is 16.0. The van der Waals surface area contributed by atoms with Crippen molar-refractivity contribution in [2.75, 3.05) is 12.0 Å². The molecule has 0 radical (unpaired) electrons. The minimum atomic E-state index is -1.17. The van der Waals surface area contributed by atoms with Gasteiger partial charge in [-0.3, -0.25) is 14.4 Å². The maximum Gasteiger partial charge on any atom is 0.326 e. The monoisotopic (exact) mass is 611 g/mol. The molecule has 0 aliphatic carbocycles. The van der Waals surface area contributed by atoms with Crippen molar-refractivity contribution in [1.29, 1.82) is 0 Å². The van der Waals surface area contributed by atoms with Crippen LogP contribution < -0.4 is 21.7 Å². The maximum absolute atomic E-state index is 13.8. The van der Waals surface area contributed by atoms with Crippen molar-refractivity contribution in [3.05, 3.63) is 65.9 Å². The number of carbonyl (C=O) groups is 4. The fourth-order valence-corrected chi connectivity index (χ4v) is 5.21. The molecule has 43 heavy (non-hydrogen) atoms. The molecule has 4 unspecified atom stereocenters. The summed E-state index contributed by atoms with van der Waals surface area (Å²) in [4.78, 5) is 55.3. The molecule has 2 aromatic carbocycles. The molecule has 0 aliphatic rings. The lowest BCUT2D eigenvalue weighted by atomic mass is 10.00. The Morgan fingerprint density at radius 1 is 0.884 bits per heavy atom. The Kier molecular flexibility index (Phi) is 12.4. The van der Waals surface area contributed by atoms with Crippen LogP contribution in [0.2, 0.25) is 0 Å². The lowest BCUT2D eigenvalue weighted by Gasteiger charge is -2.25. The van der Waals surface area contributed by atoms with E-state index in [2.05, 4.69) is 20.9 Å². The van der Waals surface area contributed by atoms with Crippen molar-refractivity contribution in [3.8, 4) is 5.75 Å². The summed E-state index contributed by atoms with van der Waals surface area (Å²) in [5.41, 5.74) is 8.36. The van der Waals surface area contributed by atoms with Crippen LogP contribution >= 0.6 is 11.8 Å².